The van der Waals surface area contributed by atoms with Crippen molar-refractivity contribution in [2.75, 3.05) is 22.5 Å². The fraction of sp³-hybridized carbons (Fsp3) is 0.300. The quantitative estimate of drug-likeness (QED) is 0.778. The molecule has 1 N–H and O–H groups in total. The number of anilines is 2. The number of nitrogens with one attached hydrogen (secondary N) is 1. The minimum Gasteiger partial charge on any atom is -0.324 e. The highest BCUT2D eigenvalue weighted by atomic mass is 32.2. The van der Waals surface area contributed by atoms with Crippen LogP contribution < -0.4 is 10.2 Å². The molecule has 2 amide bonds. The molecule has 0 saturated carbocycles. The number of hydrogen-bond acceptors (Lipinski definition) is 5. The molecular formula is C20H22N2O4S2. The number of para-hydroxylation sites is 1. The van der Waals surface area contributed by atoms with Gasteiger partial charge in [-0.1, -0.05) is 18.2 Å². The molecule has 1 heterocycles. The van der Waals surface area contributed by atoms with Crippen molar-refractivity contribution in [2.45, 2.75) is 35.3 Å². The predicted molar refractivity (Wildman–Crippen MR) is 112 cm³/mol. The molecule has 28 heavy (non-hydrogen) atoms. The zero-order valence-electron chi connectivity index (χ0n) is 15.7. The summed E-state index contributed by atoms with van der Waals surface area (Å²) in [6.45, 7) is 4.11. The number of amides is 2. The number of fused-ring (bicyclic) bond motifs is 1. The molecule has 0 fully saturated rings. The second-order valence-corrected chi connectivity index (χ2v) is 9.94. The van der Waals surface area contributed by atoms with Crippen LogP contribution in [0.1, 0.15) is 20.3 Å². The smallest absolute Gasteiger partial charge is 0.237 e. The Labute approximate surface area is 169 Å². The van der Waals surface area contributed by atoms with Crippen molar-refractivity contribution in [3.63, 3.8) is 0 Å². The first-order valence-corrected chi connectivity index (χ1v) is 11.5. The molecule has 0 aromatic heterocycles. The number of carbonyl (C=O) groups excluding carboxylic acids is 2. The lowest BCUT2D eigenvalue weighted by Crippen LogP contribution is -2.32. The molecule has 2 aromatic carbocycles. The standard InChI is InChI=1S/C20H22N2O4S2/c1-3-22(15-7-5-4-6-8-15)19(23)11-12-28(25,26)16-9-10-18-17(13-16)21-20(24)14(2)27-18/h4-10,13-14H,3,11-12H2,1-2H3,(H,21,24). The van der Waals surface area contributed by atoms with Gasteiger partial charge in [-0.05, 0) is 44.2 Å². The molecule has 3 rings (SSSR count). The van der Waals surface area contributed by atoms with E-state index in [4.69, 9.17) is 0 Å². The minimum absolute atomic E-state index is 0.109. The first-order chi connectivity index (χ1) is 13.3. The van der Waals surface area contributed by atoms with Gasteiger partial charge in [0.1, 0.15) is 0 Å². The number of sulfone groups is 1. The lowest BCUT2D eigenvalue weighted by atomic mass is 10.2. The maximum atomic E-state index is 12.7. The van der Waals surface area contributed by atoms with Crippen LogP contribution in [0, 0.1) is 0 Å². The monoisotopic (exact) mass is 418 g/mol. The topological polar surface area (TPSA) is 83.6 Å². The number of rotatable bonds is 6. The van der Waals surface area contributed by atoms with E-state index in [1.807, 2.05) is 37.3 Å². The van der Waals surface area contributed by atoms with Crippen molar-refractivity contribution >= 4 is 44.8 Å². The third-order valence-electron chi connectivity index (χ3n) is 4.51. The third-order valence-corrected chi connectivity index (χ3v) is 7.40. The average Bonchev–Trinajstić information content (AvgIpc) is 2.68. The zero-order valence-corrected chi connectivity index (χ0v) is 17.3. The Balaban J connectivity index is 1.73. The van der Waals surface area contributed by atoms with Gasteiger partial charge in [0.15, 0.2) is 9.84 Å². The van der Waals surface area contributed by atoms with Gasteiger partial charge >= 0.3 is 0 Å². The fourth-order valence-electron chi connectivity index (χ4n) is 2.97. The summed E-state index contributed by atoms with van der Waals surface area (Å²) in [4.78, 5) is 26.9. The molecule has 1 atom stereocenters. The van der Waals surface area contributed by atoms with Crippen molar-refractivity contribution in [3.8, 4) is 0 Å². The van der Waals surface area contributed by atoms with Gasteiger partial charge in [0.2, 0.25) is 11.8 Å². The first-order valence-electron chi connectivity index (χ1n) is 9.01. The number of nitrogens with zero attached hydrogens (tertiary/aromatic N) is 1. The summed E-state index contributed by atoms with van der Waals surface area (Å²) in [6.07, 6.45) is -0.111. The maximum absolute atomic E-state index is 12.7. The van der Waals surface area contributed by atoms with Gasteiger partial charge in [0.25, 0.3) is 0 Å². The van der Waals surface area contributed by atoms with Crippen LogP contribution in [0.4, 0.5) is 11.4 Å². The van der Waals surface area contributed by atoms with Gasteiger partial charge in [-0.2, -0.15) is 0 Å². The van der Waals surface area contributed by atoms with Gasteiger partial charge < -0.3 is 10.2 Å². The molecule has 0 saturated heterocycles. The summed E-state index contributed by atoms with van der Waals surface area (Å²) < 4.78 is 25.5. The lowest BCUT2D eigenvalue weighted by Gasteiger charge is -2.22. The van der Waals surface area contributed by atoms with E-state index in [-0.39, 0.29) is 34.1 Å². The molecule has 0 bridgehead atoms. The molecule has 0 radical (unpaired) electrons. The van der Waals surface area contributed by atoms with E-state index in [1.54, 1.807) is 17.9 Å². The lowest BCUT2D eigenvalue weighted by molar-refractivity contribution is -0.118. The summed E-state index contributed by atoms with van der Waals surface area (Å²) in [6, 6.07) is 13.9. The molecule has 1 aliphatic rings. The van der Waals surface area contributed by atoms with E-state index in [2.05, 4.69) is 5.32 Å². The van der Waals surface area contributed by atoms with E-state index < -0.39 is 9.84 Å². The van der Waals surface area contributed by atoms with Crippen molar-refractivity contribution in [1.29, 1.82) is 0 Å². The molecule has 8 heteroatoms. The Morgan fingerprint density at radius 3 is 2.57 bits per heavy atom. The van der Waals surface area contributed by atoms with E-state index in [0.29, 0.717) is 12.2 Å². The Bertz CT molecular complexity index is 991. The van der Waals surface area contributed by atoms with Crippen molar-refractivity contribution < 1.29 is 18.0 Å². The Morgan fingerprint density at radius 2 is 1.89 bits per heavy atom. The minimum atomic E-state index is -3.65. The molecule has 0 spiro atoms. The van der Waals surface area contributed by atoms with E-state index in [1.165, 1.54) is 23.9 Å². The van der Waals surface area contributed by atoms with Crippen LogP contribution in [0.5, 0.6) is 0 Å². The van der Waals surface area contributed by atoms with E-state index >= 15 is 0 Å². The predicted octanol–water partition coefficient (Wildman–Crippen LogP) is 3.34. The van der Waals surface area contributed by atoms with Gasteiger partial charge in [-0.15, -0.1) is 11.8 Å². The normalized spacial score (nSPS) is 16.2. The first kappa shape index (κ1) is 20.4. The molecular weight excluding hydrogens is 396 g/mol. The largest absolute Gasteiger partial charge is 0.324 e. The number of benzene rings is 2. The van der Waals surface area contributed by atoms with E-state index in [9.17, 15) is 18.0 Å². The summed E-state index contributed by atoms with van der Waals surface area (Å²) in [5.74, 6) is -0.678. The summed E-state index contributed by atoms with van der Waals surface area (Å²) in [5.41, 5.74) is 1.25. The summed E-state index contributed by atoms with van der Waals surface area (Å²) in [5, 5.41) is 2.52. The molecule has 1 unspecified atom stereocenters. The number of thioether (sulfide) groups is 1. The van der Waals surface area contributed by atoms with Crippen molar-refractivity contribution in [1.82, 2.24) is 0 Å². The highest BCUT2D eigenvalue weighted by Gasteiger charge is 2.26. The van der Waals surface area contributed by atoms with Crippen LogP contribution in [0.15, 0.2) is 58.3 Å². The Kier molecular flexibility index (Phi) is 6.10. The van der Waals surface area contributed by atoms with Crippen LogP contribution in [0.25, 0.3) is 0 Å². The fourth-order valence-corrected chi connectivity index (χ4v) is 5.15. The van der Waals surface area contributed by atoms with Crippen molar-refractivity contribution in [2.24, 2.45) is 0 Å². The molecule has 148 valence electrons. The van der Waals surface area contributed by atoms with Crippen LogP contribution in [-0.4, -0.2) is 37.8 Å². The maximum Gasteiger partial charge on any atom is 0.237 e. The summed E-state index contributed by atoms with van der Waals surface area (Å²) >= 11 is 1.39. The van der Waals surface area contributed by atoms with Gasteiger partial charge in [-0.3, -0.25) is 9.59 Å². The van der Waals surface area contributed by atoms with Gasteiger partial charge in [0, 0.05) is 23.5 Å². The number of hydrogen-bond donors (Lipinski definition) is 1. The van der Waals surface area contributed by atoms with Crippen LogP contribution in [-0.2, 0) is 19.4 Å². The zero-order chi connectivity index (χ0) is 20.3. The average molecular weight is 419 g/mol. The van der Waals surface area contributed by atoms with Gasteiger partial charge in [-0.25, -0.2) is 8.42 Å². The van der Waals surface area contributed by atoms with Gasteiger partial charge in [0.05, 0.1) is 21.6 Å². The molecule has 2 aromatic rings. The van der Waals surface area contributed by atoms with E-state index in [0.717, 1.165) is 10.6 Å². The molecule has 0 aliphatic carbocycles. The SMILES string of the molecule is CCN(C(=O)CCS(=O)(=O)c1ccc2c(c1)NC(=O)C(C)S2)c1ccccc1. The Morgan fingerprint density at radius 1 is 1.18 bits per heavy atom. The second kappa shape index (κ2) is 8.36. The molecule has 1 aliphatic heterocycles. The molecule has 6 nitrogen and oxygen atoms in total. The van der Waals surface area contributed by atoms with Crippen molar-refractivity contribution in [3.05, 3.63) is 48.5 Å². The second-order valence-electron chi connectivity index (χ2n) is 6.45. The van der Waals surface area contributed by atoms with Crippen LogP contribution in [0.3, 0.4) is 0 Å². The highest BCUT2D eigenvalue weighted by Crippen LogP contribution is 2.36. The van der Waals surface area contributed by atoms with Crippen LogP contribution >= 0.6 is 11.8 Å². The Hall–Kier alpha value is -2.32. The van der Waals surface area contributed by atoms with Crippen LogP contribution in [0.2, 0.25) is 0 Å². The number of carbonyl (C=O) groups is 2. The summed E-state index contributed by atoms with van der Waals surface area (Å²) in [7, 11) is -3.65. The highest BCUT2D eigenvalue weighted by molar-refractivity contribution is 8.01. The third kappa shape index (κ3) is 4.39.